The summed E-state index contributed by atoms with van der Waals surface area (Å²) in [5, 5.41) is 0.396. The number of Topliss-reactive ketones (excluding diaryl/α,β-unsaturated/α-hetero) is 1. The zero-order valence-electron chi connectivity index (χ0n) is 10.3. The molecule has 0 amide bonds. The molecule has 104 valence electrons. The van der Waals surface area contributed by atoms with Gasteiger partial charge in [-0.05, 0) is 19.1 Å². The van der Waals surface area contributed by atoms with Crippen LogP contribution in [0.15, 0.2) is 18.2 Å². The summed E-state index contributed by atoms with van der Waals surface area (Å²) >= 11 is 3.10. The molecule has 1 aromatic rings. The molecular weight excluding hydrogens is 322 g/mol. The third-order valence-electron chi connectivity index (χ3n) is 2.41. The van der Waals surface area contributed by atoms with E-state index in [0.717, 1.165) is 12.1 Å². The first kappa shape index (κ1) is 15.8. The number of carbonyl (C=O) groups is 2. The number of ether oxygens (including phenoxy) is 1. The van der Waals surface area contributed by atoms with Crippen LogP contribution in [0.2, 0.25) is 0 Å². The largest absolute Gasteiger partial charge is 0.462 e. The molecule has 0 unspecified atom stereocenters. The maximum absolute atomic E-state index is 12.6. The van der Waals surface area contributed by atoms with Crippen LogP contribution in [0, 0.1) is 0 Å². The van der Waals surface area contributed by atoms with E-state index in [0.29, 0.717) is 5.33 Å². The highest BCUT2D eigenvalue weighted by molar-refractivity contribution is 9.09. The summed E-state index contributed by atoms with van der Waals surface area (Å²) in [4.78, 5) is 23.5. The molecule has 3 nitrogen and oxygen atoms in total. The maximum atomic E-state index is 12.6. The van der Waals surface area contributed by atoms with Crippen LogP contribution in [0.25, 0.3) is 0 Å². The van der Waals surface area contributed by atoms with E-state index < -0.39 is 12.4 Å². The molecule has 0 heterocycles. The summed E-state index contributed by atoms with van der Waals surface area (Å²) in [6.07, 6.45) is -2.56. The van der Waals surface area contributed by atoms with Gasteiger partial charge in [0.05, 0.1) is 12.2 Å². The summed E-state index contributed by atoms with van der Waals surface area (Å²) in [6.45, 7) is 1.78. The van der Waals surface area contributed by atoms with Crippen molar-refractivity contribution in [2.45, 2.75) is 19.8 Å². The first-order valence-corrected chi connectivity index (χ1v) is 6.81. The highest BCUT2D eigenvalue weighted by Gasteiger charge is 2.20. The molecule has 0 aliphatic carbocycles. The molecule has 0 N–H and O–H groups in total. The number of esters is 1. The fourth-order valence-corrected chi connectivity index (χ4v) is 1.90. The van der Waals surface area contributed by atoms with Crippen LogP contribution >= 0.6 is 15.9 Å². The molecule has 1 rings (SSSR count). The Balaban J connectivity index is 3.22. The van der Waals surface area contributed by atoms with E-state index in [-0.39, 0.29) is 35.5 Å². The number of halogens is 3. The van der Waals surface area contributed by atoms with Crippen molar-refractivity contribution in [3.8, 4) is 0 Å². The monoisotopic (exact) mass is 334 g/mol. The number of hydrogen-bond acceptors (Lipinski definition) is 3. The van der Waals surface area contributed by atoms with Gasteiger partial charge in [-0.25, -0.2) is 13.6 Å². The number of hydrogen-bond donors (Lipinski definition) is 0. The van der Waals surface area contributed by atoms with Crippen molar-refractivity contribution in [3.63, 3.8) is 0 Å². The molecule has 0 saturated heterocycles. The Morgan fingerprint density at radius 1 is 1.32 bits per heavy atom. The summed E-state index contributed by atoms with van der Waals surface area (Å²) in [7, 11) is 0. The zero-order valence-corrected chi connectivity index (χ0v) is 11.9. The number of rotatable bonds is 6. The average molecular weight is 335 g/mol. The lowest BCUT2D eigenvalue weighted by Crippen LogP contribution is -2.13. The molecule has 0 bridgehead atoms. The van der Waals surface area contributed by atoms with Crippen LogP contribution in [0.3, 0.4) is 0 Å². The standard InChI is InChI=1S/C13H13BrF2O3/c1-2-19-13(18)9-4-3-8(12(15)16)7-10(9)11(17)5-6-14/h3-4,7,12H,2,5-6H2,1H3. The van der Waals surface area contributed by atoms with Gasteiger partial charge in [0.1, 0.15) is 0 Å². The third kappa shape index (κ3) is 4.09. The van der Waals surface area contributed by atoms with E-state index >= 15 is 0 Å². The smallest absolute Gasteiger partial charge is 0.338 e. The fraction of sp³-hybridized carbons (Fsp3) is 0.385. The van der Waals surface area contributed by atoms with Crippen molar-refractivity contribution in [2.24, 2.45) is 0 Å². The Morgan fingerprint density at radius 2 is 2.00 bits per heavy atom. The summed E-state index contributed by atoms with van der Waals surface area (Å²) in [6, 6.07) is 3.39. The van der Waals surface area contributed by atoms with Crippen LogP contribution in [-0.2, 0) is 4.74 Å². The highest BCUT2D eigenvalue weighted by atomic mass is 79.9. The second-order valence-electron chi connectivity index (χ2n) is 3.69. The van der Waals surface area contributed by atoms with Gasteiger partial charge in [0, 0.05) is 22.9 Å². The predicted molar refractivity (Wildman–Crippen MR) is 70.1 cm³/mol. The molecule has 6 heteroatoms. The van der Waals surface area contributed by atoms with Gasteiger partial charge in [-0.15, -0.1) is 0 Å². The summed E-state index contributed by atoms with van der Waals surface area (Å²) < 4.78 is 30.1. The van der Waals surface area contributed by atoms with Gasteiger partial charge >= 0.3 is 5.97 Å². The lowest BCUT2D eigenvalue weighted by atomic mass is 9.99. The predicted octanol–water partition coefficient (Wildman–Crippen LogP) is 3.77. The maximum Gasteiger partial charge on any atom is 0.338 e. The SMILES string of the molecule is CCOC(=O)c1ccc(C(F)F)cc1C(=O)CCBr. The van der Waals surface area contributed by atoms with Crippen LogP contribution in [0.4, 0.5) is 8.78 Å². The molecule has 1 aromatic carbocycles. The van der Waals surface area contributed by atoms with Gasteiger partial charge in [0.2, 0.25) is 0 Å². The molecular formula is C13H13BrF2O3. The van der Waals surface area contributed by atoms with Crippen molar-refractivity contribution in [2.75, 3.05) is 11.9 Å². The first-order valence-electron chi connectivity index (χ1n) is 5.69. The van der Waals surface area contributed by atoms with E-state index in [4.69, 9.17) is 4.74 Å². The Labute approximate surface area is 118 Å². The minimum atomic E-state index is -2.69. The number of benzene rings is 1. The van der Waals surface area contributed by atoms with E-state index in [9.17, 15) is 18.4 Å². The number of ketones is 1. The van der Waals surface area contributed by atoms with E-state index in [1.165, 1.54) is 6.07 Å². The normalized spacial score (nSPS) is 10.6. The highest BCUT2D eigenvalue weighted by Crippen LogP contribution is 2.23. The Hall–Kier alpha value is -1.30. The van der Waals surface area contributed by atoms with Gasteiger partial charge < -0.3 is 4.74 Å². The molecule has 19 heavy (non-hydrogen) atoms. The summed E-state index contributed by atoms with van der Waals surface area (Å²) in [5.41, 5.74) is -0.279. The Morgan fingerprint density at radius 3 is 2.53 bits per heavy atom. The summed E-state index contributed by atoms with van der Waals surface area (Å²) in [5.74, 6) is -1.05. The molecule has 0 spiro atoms. The Bertz CT molecular complexity index is 475. The number of alkyl halides is 3. The van der Waals surface area contributed by atoms with E-state index in [2.05, 4.69) is 15.9 Å². The van der Waals surface area contributed by atoms with E-state index in [1.54, 1.807) is 6.92 Å². The molecule has 0 radical (unpaired) electrons. The average Bonchev–Trinajstić information content (AvgIpc) is 2.38. The lowest BCUT2D eigenvalue weighted by Gasteiger charge is -2.09. The fourth-order valence-electron chi connectivity index (χ4n) is 1.54. The topological polar surface area (TPSA) is 43.4 Å². The zero-order chi connectivity index (χ0) is 14.4. The first-order chi connectivity index (χ1) is 9.01. The molecule has 0 aliphatic rings. The van der Waals surface area contributed by atoms with Crippen molar-refractivity contribution < 1.29 is 23.1 Å². The van der Waals surface area contributed by atoms with Crippen molar-refractivity contribution in [1.82, 2.24) is 0 Å². The van der Waals surface area contributed by atoms with Crippen molar-refractivity contribution in [1.29, 1.82) is 0 Å². The second kappa shape index (κ2) is 7.33. The van der Waals surface area contributed by atoms with Crippen LogP contribution < -0.4 is 0 Å². The third-order valence-corrected chi connectivity index (χ3v) is 2.81. The van der Waals surface area contributed by atoms with Gasteiger partial charge in [-0.1, -0.05) is 22.0 Å². The van der Waals surface area contributed by atoms with Crippen LogP contribution in [0.1, 0.15) is 46.0 Å². The molecule has 0 atom stereocenters. The van der Waals surface area contributed by atoms with Gasteiger partial charge in [-0.2, -0.15) is 0 Å². The molecule has 0 fully saturated rings. The van der Waals surface area contributed by atoms with E-state index in [1.807, 2.05) is 0 Å². The van der Waals surface area contributed by atoms with Crippen LogP contribution in [0.5, 0.6) is 0 Å². The minimum Gasteiger partial charge on any atom is -0.462 e. The van der Waals surface area contributed by atoms with Crippen LogP contribution in [-0.4, -0.2) is 23.7 Å². The van der Waals surface area contributed by atoms with Crippen molar-refractivity contribution >= 4 is 27.7 Å². The lowest BCUT2D eigenvalue weighted by molar-refractivity contribution is 0.0522. The second-order valence-corrected chi connectivity index (χ2v) is 4.48. The van der Waals surface area contributed by atoms with Crippen molar-refractivity contribution in [3.05, 3.63) is 34.9 Å². The van der Waals surface area contributed by atoms with Gasteiger partial charge in [-0.3, -0.25) is 4.79 Å². The molecule has 0 aromatic heterocycles. The minimum absolute atomic E-state index is 0.0179. The quantitative estimate of drug-likeness (QED) is 0.452. The van der Waals surface area contributed by atoms with Gasteiger partial charge in [0.15, 0.2) is 5.78 Å². The molecule has 0 saturated carbocycles. The van der Waals surface area contributed by atoms with Gasteiger partial charge in [0.25, 0.3) is 6.43 Å². The Kier molecular flexibility index (Phi) is 6.08. The molecule has 0 aliphatic heterocycles. The number of carbonyl (C=O) groups excluding carboxylic acids is 2.